The van der Waals surface area contributed by atoms with E-state index in [4.69, 9.17) is 5.73 Å². The number of likely N-dealkylation sites (N-methyl/N-ethyl adjacent to an activating group) is 1. The van der Waals surface area contributed by atoms with E-state index in [9.17, 15) is 19.8 Å². The Morgan fingerprint density at radius 2 is 2.12 bits per heavy atom. The van der Waals surface area contributed by atoms with Crippen molar-refractivity contribution in [3.63, 3.8) is 0 Å². The largest absolute Gasteiger partial charge is 0.478 e. The van der Waals surface area contributed by atoms with Crippen LogP contribution < -0.4 is 16.4 Å². The maximum atomic E-state index is 12.3. The van der Waals surface area contributed by atoms with Crippen LogP contribution in [0.25, 0.3) is 0 Å². The number of nitrogens with zero attached hydrogens (tertiary/aromatic N) is 2. The number of carboxylic acids is 1. The lowest BCUT2D eigenvalue weighted by Crippen LogP contribution is -2.62. The fraction of sp³-hybridized carbons (Fsp3) is 0.708. The zero-order chi connectivity index (χ0) is 24.0. The van der Waals surface area contributed by atoms with Gasteiger partial charge < -0.3 is 31.5 Å². The molecule has 0 saturated heterocycles. The summed E-state index contributed by atoms with van der Waals surface area (Å²) >= 11 is 0. The minimum absolute atomic E-state index is 0.0897. The molecule has 2 fully saturated rings. The number of aldehydes is 1. The Morgan fingerprint density at radius 1 is 1.36 bits per heavy atom. The Labute approximate surface area is 195 Å². The van der Waals surface area contributed by atoms with Crippen molar-refractivity contribution >= 4 is 18.2 Å². The average Bonchev–Trinajstić information content (AvgIpc) is 3.13. The first-order chi connectivity index (χ1) is 15.7. The van der Waals surface area contributed by atoms with Crippen LogP contribution in [0.3, 0.4) is 0 Å². The molecular formula is C24H37N5O4. The highest BCUT2D eigenvalue weighted by molar-refractivity contribution is 5.98. The number of carboxylic acid groups (broad SMARTS) is 1. The quantitative estimate of drug-likeness (QED) is 0.159. The minimum Gasteiger partial charge on any atom is -0.478 e. The van der Waals surface area contributed by atoms with Crippen molar-refractivity contribution in [3.8, 4) is 0 Å². The van der Waals surface area contributed by atoms with Crippen molar-refractivity contribution < 1.29 is 19.8 Å². The highest BCUT2D eigenvalue weighted by Gasteiger charge is 2.74. The summed E-state index contributed by atoms with van der Waals surface area (Å²) in [7, 11) is 3.79. The van der Waals surface area contributed by atoms with E-state index in [2.05, 4.69) is 28.6 Å². The Bertz CT molecular complexity index is 917. The van der Waals surface area contributed by atoms with Gasteiger partial charge in [-0.15, -0.1) is 0 Å². The van der Waals surface area contributed by atoms with Gasteiger partial charge in [-0.3, -0.25) is 9.79 Å². The van der Waals surface area contributed by atoms with E-state index in [1.165, 1.54) is 0 Å². The molecule has 3 aliphatic carbocycles. The molecule has 0 aromatic rings. The molecule has 0 radical (unpaired) electrons. The molecule has 1 aliphatic heterocycles. The molecule has 4 rings (SSSR count). The lowest BCUT2D eigenvalue weighted by molar-refractivity contribution is -0.141. The second-order valence-corrected chi connectivity index (χ2v) is 10.2. The van der Waals surface area contributed by atoms with Crippen LogP contribution in [0.15, 0.2) is 28.4 Å². The van der Waals surface area contributed by atoms with Crippen molar-refractivity contribution in [2.24, 2.45) is 39.3 Å². The highest BCUT2D eigenvalue weighted by Crippen LogP contribution is 2.76. The van der Waals surface area contributed by atoms with E-state index in [1.807, 2.05) is 25.2 Å². The molecule has 0 aromatic carbocycles. The molecule has 2 saturated carbocycles. The summed E-state index contributed by atoms with van der Waals surface area (Å²) in [6.07, 6.45) is 7.24. The van der Waals surface area contributed by atoms with Crippen LogP contribution >= 0.6 is 0 Å². The molecule has 0 amide bonds. The van der Waals surface area contributed by atoms with Crippen LogP contribution in [0.1, 0.15) is 32.6 Å². The molecule has 2 bridgehead atoms. The van der Waals surface area contributed by atoms with Gasteiger partial charge in [0, 0.05) is 36.7 Å². The number of carbonyl (C=O) groups is 2. The zero-order valence-electron chi connectivity index (χ0n) is 19.8. The molecule has 6 atom stereocenters. The topological polar surface area (TPSA) is 140 Å². The predicted molar refractivity (Wildman–Crippen MR) is 125 cm³/mol. The summed E-state index contributed by atoms with van der Waals surface area (Å²) in [5.41, 5.74) is 4.17. The standard InChI is InChI=1S/C24H37N5O4/c1-15-4-5-16-10-18-19(20(31)32)22(33,14-30)12-23(15,18)24(16)13-29(9-6-17(24)11-27-3)21(25)28-8-7-26-2/h6,9,14-17,26-27,33H,4-5,7-8,10-13H2,1-3H3,(H2,25,28)(H,31,32). The van der Waals surface area contributed by atoms with Gasteiger partial charge in [0.25, 0.3) is 0 Å². The van der Waals surface area contributed by atoms with Crippen LogP contribution in [0, 0.1) is 28.6 Å². The lowest BCUT2D eigenvalue weighted by atomic mass is 9.46. The maximum absolute atomic E-state index is 12.3. The second kappa shape index (κ2) is 8.52. The van der Waals surface area contributed by atoms with Gasteiger partial charge in [-0.1, -0.05) is 13.0 Å². The van der Waals surface area contributed by atoms with Crippen molar-refractivity contribution in [3.05, 3.63) is 23.4 Å². The van der Waals surface area contributed by atoms with Crippen LogP contribution in [0.2, 0.25) is 0 Å². The summed E-state index contributed by atoms with van der Waals surface area (Å²) in [6, 6.07) is 0. The smallest absolute Gasteiger partial charge is 0.334 e. The number of nitrogens with one attached hydrogen (secondary N) is 2. The number of carbonyl (C=O) groups excluding carboxylic acids is 1. The fourth-order valence-electron chi connectivity index (χ4n) is 7.77. The third-order valence-corrected chi connectivity index (χ3v) is 8.98. The van der Waals surface area contributed by atoms with Crippen LogP contribution in [-0.2, 0) is 9.59 Å². The summed E-state index contributed by atoms with van der Waals surface area (Å²) in [5.74, 6) is -0.272. The number of aliphatic carboxylic acids is 1. The van der Waals surface area contributed by atoms with Crippen LogP contribution in [0.5, 0.6) is 0 Å². The summed E-state index contributed by atoms with van der Waals surface area (Å²) in [5, 5.41) is 27.8. The molecule has 33 heavy (non-hydrogen) atoms. The number of rotatable bonds is 7. The van der Waals surface area contributed by atoms with Gasteiger partial charge in [0.15, 0.2) is 17.8 Å². The Hall–Kier alpha value is -2.23. The Kier molecular flexibility index (Phi) is 6.18. The molecule has 1 heterocycles. The number of guanidine groups is 1. The first-order valence-corrected chi connectivity index (χ1v) is 11.9. The normalized spacial score (nSPS) is 39.9. The Balaban J connectivity index is 1.89. The molecule has 6 N–H and O–H groups in total. The summed E-state index contributed by atoms with van der Waals surface area (Å²) in [4.78, 5) is 31.0. The van der Waals surface area contributed by atoms with E-state index in [0.717, 1.165) is 31.5 Å². The SMILES string of the molecule is CNCCN=C(N)N1C=CC(CNC)C2(C1)C1CCC(C)C23CC(O)(C=O)C(C(=O)O)=C3C1. The first kappa shape index (κ1) is 23.9. The Morgan fingerprint density at radius 3 is 2.76 bits per heavy atom. The lowest BCUT2D eigenvalue weighted by Gasteiger charge is -2.60. The van der Waals surface area contributed by atoms with Crippen LogP contribution in [0.4, 0.5) is 0 Å². The zero-order valence-corrected chi connectivity index (χ0v) is 19.8. The van der Waals surface area contributed by atoms with Gasteiger partial charge in [0.1, 0.15) is 0 Å². The number of hydrogen-bond donors (Lipinski definition) is 5. The molecule has 9 heteroatoms. The molecule has 6 unspecified atom stereocenters. The number of allylic oxidation sites excluding steroid dienone is 1. The van der Waals surface area contributed by atoms with E-state index >= 15 is 0 Å². The molecule has 182 valence electrons. The summed E-state index contributed by atoms with van der Waals surface area (Å²) in [6.45, 7) is 4.75. The fourth-order valence-corrected chi connectivity index (χ4v) is 7.77. The molecule has 0 aromatic heterocycles. The summed E-state index contributed by atoms with van der Waals surface area (Å²) < 4.78 is 0. The van der Waals surface area contributed by atoms with Gasteiger partial charge >= 0.3 is 5.97 Å². The molecule has 2 spiro atoms. The van der Waals surface area contributed by atoms with Crippen molar-refractivity contribution in [1.82, 2.24) is 15.5 Å². The first-order valence-electron chi connectivity index (χ1n) is 11.9. The van der Waals surface area contributed by atoms with E-state index < -0.39 is 17.0 Å². The predicted octanol–water partition coefficient (Wildman–Crippen LogP) is 0.323. The van der Waals surface area contributed by atoms with Gasteiger partial charge in [-0.25, -0.2) is 4.79 Å². The third-order valence-electron chi connectivity index (χ3n) is 8.98. The molecular weight excluding hydrogens is 422 g/mol. The average molecular weight is 460 g/mol. The maximum Gasteiger partial charge on any atom is 0.334 e. The van der Waals surface area contributed by atoms with Gasteiger partial charge in [0.2, 0.25) is 0 Å². The van der Waals surface area contributed by atoms with E-state index in [0.29, 0.717) is 31.8 Å². The minimum atomic E-state index is -1.96. The van der Waals surface area contributed by atoms with Crippen molar-refractivity contribution in [2.45, 2.75) is 38.2 Å². The number of nitrogens with two attached hydrogens (primary N) is 1. The number of hydrogen-bond acceptors (Lipinski definition) is 6. The third kappa shape index (κ3) is 3.19. The van der Waals surface area contributed by atoms with Gasteiger partial charge in [0.05, 0.1) is 12.1 Å². The van der Waals surface area contributed by atoms with E-state index in [-0.39, 0.29) is 35.2 Å². The molecule has 4 aliphatic rings. The van der Waals surface area contributed by atoms with Gasteiger partial charge in [-0.05, 0) is 63.1 Å². The van der Waals surface area contributed by atoms with E-state index in [1.54, 1.807) is 0 Å². The van der Waals surface area contributed by atoms with Gasteiger partial charge in [-0.2, -0.15) is 0 Å². The second-order valence-electron chi connectivity index (χ2n) is 10.2. The monoisotopic (exact) mass is 459 g/mol. The van der Waals surface area contributed by atoms with Crippen molar-refractivity contribution in [2.75, 3.05) is 40.3 Å². The van der Waals surface area contributed by atoms with Crippen molar-refractivity contribution in [1.29, 1.82) is 0 Å². The number of aliphatic imine (C=N–C) groups is 1. The number of aliphatic hydroxyl groups is 1. The molecule has 9 nitrogen and oxygen atoms in total. The highest BCUT2D eigenvalue weighted by atomic mass is 16.4. The van der Waals surface area contributed by atoms with Crippen LogP contribution in [-0.4, -0.2) is 79.2 Å².